The van der Waals surface area contributed by atoms with E-state index in [-0.39, 0.29) is 13.2 Å². The Morgan fingerprint density at radius 2 is 1.26 bits per heavy atom. The monoisotopic (exact) mass is 631 g/mol. The standard InChI is InChI=1S/C40H49N5O2/c1-8-11-29-23(5)34-19-35-25(7)31(13-15-47)40(44-35)21-38-28(10-3)27(9-2)37(45-38)20-39-30(12-14-46)24(6)33(43-39)18-32-22(4)16-26(41-32)17-36(29)42-34/h16,19-20,41-47H,8-15,21H2,1-7H3. The van der Waals surface area contributed by atoms with Crippen molar-refractivity contribution in [3.63, 3.8) is 0 Å². The van der Waals surface area contributed by atoms with Crippen LogP contribution in [0.15, 0.2) is 6.07 Å². The first kappa shape index (κ1) is 32.6. The number of rotatable bonds is 8. The Bertz CT molecular complexity index is 2360. The van der Waals surface area contributed by atoms with Crippen molar-refractivity contribution in [1.29, 1.82) is 0 Å². The van der Waals surface area contributed by atoms with Gasteiger partial charge in [0.05, 0.1) is 21.4 Å². The number of H-pyrrole nitrogens is 5. The molecule has 0 saturated heterocycles. The maximum Gasteiger partial charge on any atom is 0.0874 e. The van der Waals surface area contributed by atoms with Crippen LogP contribution in [0.5, 0.6) is 0 Å². The highest BCUT2D eigenvalue weighted by Crippen LogP contribution is 2.27. The second-order valence-electron chi connectivity index (χ2n) is 13.0. The number of hydrogen-bond donors (Lipinski definition) is 7. The molecule has 0 atom stereocenters. The fraction of sp³-hybridized carbons (Fsp3) is 0.400. The van der Waals surface area contributed by atoms with E-state index < -0.39 is 0 Å². The Kier molecular flexibility index (Phi) is 9.27. The van der Waals surface area contributed by atoms with E-state index >= 15 is 0 Å². The van der Waals surface area contributed by atoms with Gasteiger partial charge in [0.25, 0.3) is 0 Å². The normalized spacial score (nSPS) is 12.4. The van der Waals surface area contributed by atoms with Crippen molar-refractivity contribution in [3.05, 3.63) is 111 Å². The van der Waals surface area contributed by atoms with Gasteiger partial charge in [0.1, 0.15) is 0 Å². The Morgan fingerprint density at radius 1 is 0.596 bits per heavy atom. The summed E-state index contributed by atoms with van der Waals surface area (Å²) in [4.78, 5) is 18.5. The van der Waals surface area contributed by atoms with E-state index in [1.165, 1.54) is 39.1 Å². The number of aryl methyl sites for hydroxylation is 1. The maximum atomic E-state index is 10.1. The summed E-state index contributed by atoms with van der Waals surface area (Å²) in [7, 11) is 0. The van der Waals surface area contributed by atoms with Crippen LogP contribution in [0.25, 0.3) is 23.6 Å². The Morgan fingerprint density at radius 3 is 1.96 bits per heavy atom. The van der Waals surface area contributed by atoms with E-state index in [1.807, 2.05) is 0 Å². The fourth-order valence-corrected chi connectivity index (χ4v) is 7.52. The van der Waals surface area contributed by atoms with Crippen molar-refractivity contribution in [1.82, 2.24) is 24.9 Å². The van der Waals surface area contributed by atoms with Crippen molar-refractivity contribution in [2.75, 3.05) is 13.2 Å². The number of aliphatic hydroxyl groups excluding tert-OH is 2. The molecule has 0 unspecified atom stereocenters. The van der Waals surface area contributed by atoms with Crippen LogP contribution in [0.1, 0.15) is 100 Å². The lowest BCUT2D eigenvalue weighted by atomic mass is 9.99. The number of aromatic nitrogens is 5. The third-order valence-electron chi connectivity index (χ3n) is 10.1. The Hall–Kier alpha value is -4.38. The molecule has 5 aromatic heterocycles. The van der Waals surface area contributed by atoms with E-state index in [9.17, 15) is 10.2 Å². The number of aromatic amines is 5. The van der Waals surface area contributed by atoms with Gasteiger partial charge in [-0.25, -0.2) is 0 Å². The lowest BCUT2D eigenvalue weighted by Crippen LogP contribution is -2.17. The predicted octanol–water partition coefficient (Wildman–Crippen LogP) is 1.77. The SMILES string of the molecule is CCCc1c(C)c2[nH]c1=C=c1cc(C)c([nH]1)=C=c1[nH]c(c(CCO)c1C)=Cc1[nH]c(c(CC)c1CC)Cc1[nH]c(c(C)c1CCO)C=2. The second-order valence-corrected chi connectivity index (χ2v) is 13.0. The predicted molar refractivity (Wildman–Crippen MR) is 190 cm³/mol. The highest BCUT2D eigenvalue weighted by atomic mass is 16.3. The molecular weight excluding hydrogens is 582 g/mol. The zero-order chi connectivity index (χ0) is 33.4. The molecule has 0 aliphatic carbocycles. The zero-order valence-corrected chi connectivity index (χ0v) is 29.0. The largest absolute Gasteiger partial charge is 0.396 e. The zero-order valence-electron chi connectivity index (χ0n) is 29.0. The molecule has 6 heterocycles. The third-order valence-corrected chi connectivity index (χ3v) is 10.1. The van der Waals surface area contributed by atoms with Crippen molar-refractivity contribution < 1.29 is 10.2 Å². The van der Waals surface area contributed by atoms with Gasteiger partial charge in [-0.15, -0.1) is 0 Å². The van der Waals surface area contributed by atoms with Crippen LogP contribution in [0.3, 0.4) is 0 Å². The van der Waals surface area contributed by atoms with Crippen LogP contribution in [0, 0.1) is 27.7 Å². The molecule has 6 rings (SSSR count). The average molecular weight is 632 g/mol. The first-order valence-corrected chi connectivity index (χ1v) is 17.2. The molecule has 7 heteroatoms. The van der Waals surface area contributed by atoms with Gasteiger partial charge in [-0.05, 0) is 128 Å². The van der Waals surface area contributed by atoms with Crippen molar-refractivity contribution in [3.8, 4) is 0 Å². The lowest BCUT2D eigenvalue weighted by Gasteiger charge is -2.06. The summed E-state index contributed by atoms with van der Waals surface area (Å²) in [5, 5.41) is 25.9. The molecular formula is C40H49N5O2. The van der Waals surface area contributed by atoms with Crippen LogP contribution in [-0.2, 0) is 38.5 Å². The molecule has 7 nitrogen and oxygen atoms in total. The number of aliphatic hydroxyl groups is 2. The minimum atomic E-state index is 0.0716. The van der Waals surface area contributed by atoms with Gasteiger partial charge >= 0.3 is 0 Å². The summed E-state index contributed by atoms with van der Waals surface area (Å²) in [6, 6.07) is 2.13. The van der Waals surface area contributed by atoms with Crippen LogP contribution < -0.4 is 32.1 Å². The van der Waals surface area contributed by atoms with Gasteiger partial charge in [-0.1, -0.05) is 38.7 Å². The summed E-state index contributed by atoms with van der Waals surface area (Å²) >= 11 is 0. The van der Waals surface area contributed by atoms with Gasteiger partial charge in [0, 0.05) is 53.1 Å². The van der Waals surface area contributed by atoms with Gasteiger partial charge in [-0.2, -0.15) is 0 Å². The van der Waals surface area contributed by atoms with Crippen LogP contribution in [0.2, 0.25) is 0 Å². The maximum absolute atomic E-state index is 10.1. The molecule has 1 aliphatic heterocycles. The highest BCUT2D eigenvalue weighted by molar-refractivity contribution is 5.59. The van der Waals surface area contributed by atoms with Crippen molar-refractivity contribution in [2.24, 2.45) is 0 Å². The quantitative estimate of drug-likeness (QED) is 0.139. The molecule has 0 spiro atoms. The molecule has 47 heavy (non-hydrogen) atoms. The molecule has 0 amide bonds. The Balaban J connectivity index is 1.80. The molecule has 0 aromatic carbocycles. The van der Waals surface area contributed by atoms with Gasteiger partial charge in [0.15, 0.2) is 0 Å². The van der Waals surface area contributed by atoms with Gasteiger partial charge in [0.2, 0.25) is 0 Å². The molecule has 0 radical (unpaired) electrons. The van der Waals surface area contributed by atoms with E-state index in [2.05, 4.69) is 103 Å². The topological polar surface area (TPSA) is 119 Å². The van der Waals surface area contributed by atoms with Crippen LogP contribution >= 0.6 is 0 Å². The van der Waals surface area contributed by atoms with E-state index in [0.717, 1.165) is 98.0 Å². The fourth-order valence-electron chi connectivity index (χ4n) is 7.52. The van der Waals surface area contributed by atoms with E-state index in [4.69, 9.17) is 0 Å². The third kappa shape index (κ3) is 5.97. The summed E-state index contributed by atoms with van der Waals surface area (Å²) in [6.07, 6.45) is 10.1. The smallest absolute Gasteiger partial charge is 0.0874 e. The van der Waals surface area contributed by atoms with E-state index in [1.54, 1.807) is 0 Å². The number of nitrogens with one attached hydrogen (secondary N) is 5. The number of hydrogen-bond acceptors (Lipinski definition) is 2. The lowest BCUT2D eigenvalue weighted by molar-refractivity contribution is 0.299. The van der Waals surface area contributed by atoms with Gasteiger partial charge in [-0.3, -0.25) is 0 Å². The summed E-state index contributed by atoms with van der Waals surface area (Å²) in [5.74, 6) is 0. The molecule has 5 aromatic rings. The molecule has 0 saturated carbocycles. The average Bonchev–Trinajstić information content (AvgIpc) is 3.80. The molecule has 7 N–H and O–H groups in total. The van der Waals surface area contributed by atoms with Crippen LogP contribution in [0.4, 0.5) is 0 Å². The minimum Gasteiger partial charge on any atom is -0.396 e. The van der Waals surface area contributed by atoms with Gasteiger partial charge < -0.3 is 35.1 Å². The molecule has 1 aliphatic rings. The van der Waals surface area contributed by atoms with E-state index in [0.29, 0.717) is 12.8 Å². The molecule has 246 valence electrons. The molecule has 10 bridgehead atoms. The second kappa shape index (κ2) is 13.4. The summed E-state index contributed by atoms with van der Waals surface area (Å²) < 4.78 is 0. The minimum absolute atomic E-state index is 0.0716. The molecule has 0 fully saturated rings. The summed E-state index contributed by atoms with van der Waals surface area (Å²) in [5.41, 5.74) is 22.6. The summed E-state index contributed by atoms with van der Waals surface area (Å²) in [6.45, 7) is 15.4. The highest BCUT2D eigenvalue weighted by Gasteiger charge is 2.19. The first-order valence-electron chi connectivity index (χ1n) is 17.2. The number of fused-ring (bicyclic) bond motifs is 10. The van der Waals surface area contributed by atoms with Crippen molar-refractivity contribution >= 4 is 23.6 Å². The van der Waals surface area contributed by atoms with Crippen molar-refractivity contribution in [2.45, 2.75) is 93.4 Å². The first-order chi connectivity index (χ1) is 22.7. The van der Waals surface area contributed by atoms with Crippen LogP contribution in [-0.4, -0.2) is 48.3 Å². The Labute approximate surface area is 275 Å².